The van der Waals surface area contributed by atoms with Crippen LogP contribution in [0.5, 0.6) is 0 Å². The molecule has 0 radical (unpaired) electrons. The molecule has 0 saturated carbocycles. The highest BCUT2D eigenvalue weighted by molar-refractivity contribution is 7.25. The topological polar surface area (TPSA) is 43.3 Å². The normalized spacial score (nSPS) is 11.7. The molecule has 0 aliphatic carbocycles. The first kappa shape index (κ1) is 13.6. The molecule has 2 bridgehead atoms. The maximum absolute atomic E-state index is 6.33. The van der Waals surface area contributed by atoms with Crippen molar-refractivity contribution in [1.29, 1.82) is 0 Å². The summed E-state index contributed by atoms with van der Waals surface area (Å²) in [6.07, 6.45) is 1.90. The van der Waals surface area contributed by atoms with Gasteiger partial charge in [-0.05, 0) is 25.1 Å². The summed E-state index contributed by atoms with van der Waals surface area (Å²) in [4.78, 5) is 4.58. The van der Waals surface area contributed by atoms with Gasteiger partial charge in [-0.3, -0.25) is 4.40 Å². The first-order chi connectivity index (χ1) is 11.7. The van der Waals surface area contributed by atoms with Crippen molar-refractivity contribution in [2.45, 2.75) is 6.92 Å². The van der Waals surface area contributed by atoms with Crippen LogP contribution in [0.3, 0.4) is 0 Å². The first-order valence-corrected chi connectivity index (χ1v) is 8.69. The molecule has 0 fully saturated rings. The van der Waals surface area contributed by atoms with Gasteiger partial charge in [-0.15, -0.1) is 11.3 Å². The fourth-order valence-electron chi connectivity index (χ4n) is 3.51. The average Bonchev–Trinajstić information content (AvgIpc) is 3.09. The van der Waals surface area contributed by atoms with Gasteiger partial charge >= 0.3 is 0 Å². The Hall–Kier alpha value is -2.85. The number of nitrogens with zero attached hydrogens (tertiary/aromatic N) is 2. The summed E-state index contributed by atoms with van der Waals surface area (Å²) in [5, 5.41) is 4.79. The Morgan fingerprint density at radius 2 is 1.62 bits per heavy atom. The van der Waals surface area contributed by atoms with Gasteiger partial charge in [0.2, 0.25) is 5.95 Å². The lowest BCUT2D eigenvalue weighted by Gasteiger charge is -1.98. The van der Waals surface area contributed by atoms with E-state index in [1.165, 1.54) is 25.6 Å². The van der Waals surface area contributed by atoms with Crippen LogP contribution in [0.2, 0.25) is 0 Å². The number of rotatable bonds is 0. The monoisotopic (exact) mass is 329 g/mol. The number of anilines is 1. The molecule has 3 heterocycles. The van der Waals surface area contributed by atoms with E-state index >= 15 is 0 Å². The van der Waals surface area contributed by atoms with E-state index < -0.39 is 0 Å². The van der Waals surface area contributed by atoms with E-state index in [2.05, 4.69) is 60.4 Å². The predicted octanol–water partition coefficient (Wildman–Crippen LogP) is 5.31. The van der Waals surface area contributed by atoms with Gasteiger partial charge in [0.1, 0.15) is 0 Å². The molecule has 3 aromatic heterocycles. The van der Waals surface area contributed by atoms with E-state index in [0.717, 1.165) is 16.6 Å². The third kappa shape index (κ3) is 1.74. The van der Waals surface area contributed by atoms with Crippen molar-refractivity contribution in [2.75, 3.05) is 5.73 Å². The second kappa shape index (κ2) is 4.82. The van der Waals surface area contributed by atoms with Gasteiger partial charge in [-0.2, -0.15) is 0 Å². The van der Waals surface area contributed by atoms with Crippen molar-refractivity contribution >= 4 is 53.7 Å². The standard InChI is InChI=1S/C20H15N3S/c1-12-15-10-19-16(14-7-3-5-9-18(14)24-19)11-22-20(21)23(12)17-8-4-2-6-13(15)17/h2-11H,1H3,(H2,21,22). The molecule has 4 heteroatoms. The average molecular weight is 329 g/mol. The van der Waals surface area contributed by atoms with E-state index in [1.54, 1.807) is 11.3 Å². The molecule has 0 amide bonds. The van der Waals surface area contributed by atoms with Crippen molar-refractivity contribution in [2.24, 2.45) is 0 Å². The second-order valence-electron chi connectivity index (χ2n) is 5.99. The molecule has 2 N–H and O–H groups in total. The Labute approximate surface area is 142 Å². The summed E-state index contributed by atoms with van der Waals surface area (Å²) in [6.45, 7) is 2.10. The van der Waals surface area contributed by atoms with Crippen molar-refractivity contribution in [3.63, 3.8) is 0 Å². The van der Waals surface area contributed by atoms with Crippen LogP contribution < -0.4 is 5.73 Å². The molecule has 0 atom stereocenters. The Balaban J connectivity index is 2.13. The number of aromatic nitrogens is 2. The van der Waals surface area contributed by atoms with Crippen LogP contribution in [0.1, 0.15) is 5.69 Å². The zero-order valence-electron chi connectivity index (χ0n) is 13.2. The zero-order chi connectivity index (χ0) is 16.3. The highest BCUT2D eigenvalue weighted by Gasteiger charge is 2.11. The van der Waals surface area contributed by atoms with E-state index in [0.29, 0.717) is 5.95 Å². The summed E-state index contributed by atoms with van der Waals surface area (Å²) < 4.78 is 4.53. The molecular formula is C20H15N3S. The number of para-hydroxylation sites is 1. The van der Waals surface area contributed by atoms with Gasteiger partial charge in [0.15, 0.2) is 0 Å². The highest BCUT2D eigenvalue weighted by Crippen LogP contribution is 2.35. The number of hydrogen-bond acceptors (Lipinski definition) is 3. The van der Waals surface area contributed by atoms with Crippen LogP contribution in [0, 0.1) is 6.92 Å². The molecule has 0 spiro atoms. The lowest BCUT2D eigenvalue weighted by atomic mass is 10.1. The molecule has 5 aromatic rings. The zero-order valence-corrected chi connectivity index (χ0v) is 14.0. The SMILES string of the molecule is Cc1c2cc3sc4ccccc4c3cnc(N)n1c1ccccc21. The van der Waals surface area contributed by atoms with E-state index in [9.17, 15) is 0 Å². The number of aryl methyl sites for hydroxylation is 1. The Kier molecular flexibility index (Phi) is 2.73. The maximum Gasteiger partial charge on any atom is 0.204 e. The quantitative estimate of drug-likeness (QED) is 0.418. The van der Waals surface area contributed by atoms with Gasteiger partial charge in [0.25, 0.3) is 0 Å². The minimum absolute atomic E-state index is 0.506. The fraction of sp³-hybridized carbons (Fsp3) is 0.0500. The number of nitrogens with two attached hydrogens (primary N) is 1. The highest BCUT2D eigenvalue weighted by atomic mass is 32.1. The van der Waals surface area contributed by atoms with Crippen LogP contribution in [0.4, 0.5) is 5.95 Å². The molecule has 0 saturated heterocycles. The van der Waals surface area contributed by atoms with Crippen molar-refractivity contribution in [1.82, 2.24) is 9.38 Å². The predicted molar refractivity (Wildman–Crippen MR) is 104 cm³/mol. The lowest BCUT2D eigenvalue weighted by molar-refractivity contribution is 1.09. The van der Waals surface area contributed by atoms with E-state index in [-0.39, 0.29) is 0 Å². The van der Waals surface area contributed by atoms with E-state index in [4.69, 9.17) is 5.73 Å². The Morgan fingerprint density at radius 1 is 0.875 bits per heavy atom. The smallest absolute Gasteiger partial charge is 0.204 e. The first-order valence-electron chi connectivity index (χ1n) is 7.87. The van der Waals surface area contributed by atoms with E-state index in [1.807, 2.05) is 16.7 Å². The van der Waals surface area contributed by atoms with Crippen LogP contribution in [0.25, 0.3) is 36.5 Å². The minimum Gasteiger partial charge on any atom is -0.369 e. The molecule has 0 aliphatic rings. The van der Waals surface area contributed by atoms with Crippen LogP contribution in [0.15, 0.2) is 60.8 Å². The van der Waals surface area contributed by atoms with Gasteiger partial charge in [-0.25, -0.2) is 4.98 Å². The van der Waals surface area contributed by atoms with Crippen molar-refractivity contribution < 1.29 is 0 Å². The van der Waals surface area contributed by atoms with Gasteiger partial charge in [0, 0.05) is 42.8 Å². The second-order valence-corrected chi connectivity index (χ2v) is 7.07. The lowest BCUT2D eigenvalue weighted by Crippen LogP contribution is -1.98. The summed E-state index contributed by atoms with van der Waals surface area (Å²) in [5.41, 5.74) is 8.55. The molecular weight excluding hydrogens is 314 g/mol. The largest absolute Gasteiger partial charge is 0.369 e. The Bertz CT molecular complexity index is 1280. The summed E-state index contributed by atoms with van der Waals surface area (Å²) >= 11 is 1.80. The maximum atomic E-state index is 6.33. The van der Waals surface area contributed by atoms with Crippen molar-refractivity contribution in [3.05, 3.63) is 66.5 Å². The molecule has 3 nitrogen and oxygen atoms in total. The number of nitrogen functional groups attached to an aromatic ring is 1. The van der Waals surface area contributed by atoms with Gasteiger partial charge in [0.05, 0.1) is 5.52 Å². The minimum atomic E-state index is 0.506. The summed E-state index contributed by atoms with van der Waals surface area (Å²) in [7, 11) is 0. The summed E-state index contributed by atoms with van der Waals surface area (Å²) in [5.74, 6) is 0.506. The molecule has 5 rings (SSSR count). The van der Waals surface area contributed by atoms with Gasteiger partial charge in [-0.1, -0.05) is 36.4 Å². The number of thiophene rings is 1. The van der Waals surface area contributed by atoms with Gasteiger partial charge < -0.3 is 5.73 Å². The number of benzene rings is 2. The van der Waals surface area contributed by atoms with Crippen molar-refractivity contribution in [3.8, 4) is 0 Å². The third-order valence-corrected chi connectivity index (χ3v) is 5.79. The Morgan fingerprint density at radius 3 is 2.50 bits per heavy atom. The third-order valence-electron chi connectivity index (χ3n) is 4.65. The molecule has 2 aromatic carbocycles. The van der Waals surface area contributed by atoms with Crippen LogP contribution in [-0.2, 0) is 0 Å². The fourth-order valence-corrected chi connectivity index (χ4v) is 4.63. The number of fused-ring (bicyclic) bond motifs is 8. The molecule has 24 heavy (non-hydrogen) atoms. The van der Waals surface area contributed by atoms with Crippen LogP contribution >= 0.6 is 11.3 Å². The number of hydrogen-bond donors (Lipinski definition) is 1. The van der Waals surface area contributed by atoms with Crippen LogP contribution in [-0.4, -0.2) is 9.38 Å². The summed E-state index contributed by atoms with van der Waals surface area (Å²) in [6, 6.07) is 19.1. The molecule has 116 valence electrons. The molecule has 0 unspecified atom stereocenters. The molecule has 0 aliphatic heterocycles.